The molecule has 0 bridgehead atoms. The summed E-state index contributed by atoms with van der Waals surface area (Å²) in [5, 5.41) is 11.1. The van der Waals surface area contributed by atoms with E-state index in [1.807, 2.05) is 0 Å². The maximum absolute atomic E-state index is 12.9. The molecule has 8 heteroatoms. The van der Waals surface area contributed by atoms with Crippen LogP contribution >= 0.6 is 0 Å². The summed E-state index contributed by atoms with van der Waals surface area (Å²) in [5.74, 6) is 1.40. The Morgan fingerprint density at radius 2 is 1.63 bits per heavy atom. The smallest absolute Gasteiger partial charge is 0.416 e. The molecule has 0 unspecified atom stereocenters. The minimum atomic E-state index is -4.41. The minimum absolute atomic E-state index is 0.259. The van der Waals surface area contributed by atoms with Crippen molar-refractivity contribution in [3.8, 4) is 11.5 Å². The van der Waals surface area contributed by atoms with E-state index in [4.69, 9.17) is 9.47 Å². The Labute approximate surface area is 155 Å². The number of rotatable bonds is 4. The lowest BCUT2D eigenvalue weighted by atomic mass is 9.84. The highest BCUT2D eigenvalue weighted by Crippen LogP contribution is 2.38. The van der Waals surface area contributed by atoms with E-state index in [1.54, 1.807) is 23.1 Å². The largest absolute Gasteiger partial charge is 0.497 e. The molecule has 1 fully saturated rings. The van der Waals surface area contributed by atoms with Crippen LogP contribution in [0.1, 0.15) is 24.0 Å². The molecule has 0 saturated carbocycles. The Balaban J connectivity index is 1.79. The first-order chi connectivity index (χ1) is 12.7. The summed E-state index contributed by atoms with van der Waals surface area (Å²) < 4.78 is 49.2. The van der Waals surface area contributed by atoms with Gasteiger partial charge in [-0.1, -0.05) is 0 Å². The lowest BCUT2D eigenvalue weighted by Crippen LogP contribution is -2.43. The lowest BCUT2D eigenvalue weighted by molar-refractivity contribution is -0.137. The van der Waals surface area contributed by atoms with Crippen molar-refractivity contribution in [1.29, 1.82) is 0 Å². The molecule has 1 aromatic carbocycles. The van der Waals surface area contributed by atoms with E-state index in [-0.39, 0.29) is 5.82 Å². The van der Waals surface area contributed by atoms with Crippen LogP contribution in [0.25, 0.3) is 0 Å². The van der Waals surface area contributed by atoms with E-state index in [0.29, 0.717) is 43.0 Å². The fraction of sp³-hybridized carbons (Fsp3) is 0.421. The zero-order valence-corrected chi connectivity index (χ0v) is 15.1. The van der Waals surface area contributed by atoms with Gasteiger partial charge in [-0.3, -0.25) is 0 Å². The number of halogens is 3. The van der Waals surface area contributed by atoms with Crippen LogP contribution in [0.15, 0.2) is 36.5 Å². The molecule has 146 valence electrons. The normalized spacial score (nSPS) is 16.9. The Kier molecular flexibility index (Phi) is 5.19. The number of nitrogens with zero attached hydrogens (tertiary/aromatic N) is 2. The standard InChI is InChI=1S/C19H21F3N2O3/c1-26-15-9-14(10-16(12-15)27-2)18(25)4-7-24(8-5-18)17-11-13(3-6-23-17)19(20,21)22/h3,6,9-12,25H,4-5,7-8H2,1-2H3. The van der Waals surface area contributed by atoms with Crippen molar-refractivity contribution in [3.05, 3.63) is 47.7 Å². The number of benzene rings is 1. The molecule has 0 radical (unpaired) electrons. The third-order valence-electron chi connectivity index (χ3n) is 4.88. The van der Waals surface area contributed by atoms with Crippen LogP contribution in [-0.2, 0) is 11.8 Å². The van der Waals surface area contributed by atoms with Gasteiger partial charge in [-0.15, -0.1) is 0 Å². The molecule has 2 aromatic rings. The van der Waals surface area contributed by atoms with Crippen LogP contribution in [0.3, 0.4) is 0 Å². The lowest BCUT2D eigenvalue weighted by Gasteiger charge is -2.39. The molecule has 0 atom stereocenters. The highest BCUT2D eigenvalue weighted by Gasteiger charge is 2.36. The molecule has 1 N–H and O–H groups in total. The highest BCUT2D eigenvalue weighted by molar-refractivity contribution is 5.45. The maximum atomic E-state index is 12.9. The van der Waals surface area contributed by atoms with Gasteiger partial charge in [0, 0.05) is 25.4 Å². The summed E-state index contributed by atoms with van der Waals surface area (Å²) in [6, 6.07) is 7.21. The van der Waals surface area contributed by atoms with Gasteiger partial charge >= 0.3 is 6.18 Å². The summed E-state index contributed by atoms with van der Waals surface area (Å²) in [4.78, 5) is 5.81. The van der Waals surface area contributed by atoms with Gasteiger partial charge in [0.25, 0.3) is 0 Å². The van der Waals surface area contributed by atoms with Gasteiger partial charge in [0.2, 0.25) is 0 Å². The van der Waals surface area contributed by atoms with Crippen molar-refractivity contribution in [3.63, 3.8) is 0 Å². The average Bonchev–Trinajstić information content (AvgIpc) is 2.67. The summed E-state index contributed by atoms with van der Waals surface area (Å²) in [7, 11) is 3.06. The van der Waals surface area contributed by atoms with E-state index in [9.17, 15) is 18.3 Å². The molecule has 1 saturated heterocycles. The third kappa shape index (κ3) is 4.10. The zero-order chi connectivity index (χ0) is 19.7. The summed E-state index contributed by atoms with van der Waals surface area (Å²) in [6.45, 7) is 0.759. The molecule has 0 aliphatic carbocycles. The van der Waals surface area contributed by atoms with Crippen molar-refractivity contribution in [1.82, 2.24) is 4.98 Å². The number of pyridine rings is 1. The molecule has 2 heterocycles. The van der Waals surface area contributed by atoms with Gasteiger partial charge < -0.3 is 19.5 Å². The van der Waals surface area contributed by atoms with E-state index in [1.165, 1.54) is 14.2 Å². The SMILES string of the molecule is COc1cc(OC)cc(C2(O)CCN(c3cc(C(F)(F)F)ccn3)CC2)c1. The van der Waals surface area contributed by atoms with Crippen molar-refractivity contribution in [2.24, 2.45) is 0 Å². The molecule has 1 aliphatic rings. The van der Waals surface area contributed by atoms with Gasteiger partial charge in [0.05, 0.1) is 25.4 Å². The maximum Gasteiger partial charge on any atom is 0.416 e. The second-order valence-corrected chi connectivity index (χ2v) is 6.52. The van der Waals surface area contributed by atoms with Crippen LogP contribution in [0, 0.1) is 0 Å². The highest BCUT2D eigenvalue weighted by atomic mass is 19.4. The van der Waals surface area contributed by atoms with Gasteiger partial charge in [0.15, 0.2) is 0 Å². The predicted molar refractivity (Wildman–Crippen MR) is 94.1 cm³/mol. The Morgan fingerprint density at radius 1 is 1.04 bits per heavy atom. The summed E-state index contributed by atoms with van der Waals surface area (Å²) in [5.41, 5.74) is -1.18. The molecule has 27 heavy (non-hydrogen) atoms. The first-order valence-corrected chi connectivity index (χ1v) is 8.49. The first-order valence-electron chi connectivity index (χ1n) is 8.49. The van der Waals surface area contributed by atoms with E-state index in [2.05, 4.69) is 4.98 Å². The quantitative estimate of drug-likeness (QED) is 0.876. The van der Waals surface area contributed by atoms with E-state index < -0.39 is 17.3 Å². The predicted octanol–water partition coefficient (Wildman–Crippen LogP) is 3.61. The number of hydrogen-bond acceptors (Lipinski definition) is 5. The van der Waals surface area contributed by atoms with Crippen molar-refractivity contribution < 1.29 is 27.8 Å². The topological polar surface area (TPSA) is 54.8 Å². The molecule has 1 aliphatic heterocycles. The second-order valence-electron chi connectivity index (χ2n) is 6.52. The number of alkyl halides is 3. The fourth-order valence-electron chi connectivity index (χ4n) is 3.24. The van der Waals surface area contributed by atoms with Crippen LogP contribution in [0.2, 0.25) is 0 Å². The molecule has 0 amide bonds. The minimum Gasteiger partial charge on any atom is -0.497 e. The van der Waals surface area contributed by atoms with Gasteiger partial charge in [-0.2, -0.15) is 13.2 Å². The van der Waals surface area contributed by atoms with Gasteiger partial charge in [-0.05, 0) is 42.7 Å². The molecule has 3 rings (SSSR count). The van der Waals surface area contributed by atoms with Crippen LogP contribution in [0.5, 0.6) is 11.5 Å². The van der Waals surface area contributed by atoms with Gasteiger partial charge in [0.1, 0.15) is 17.3 Å². The second kappa shape index (κ2) is 7.26. The van der Waals surface area contributed by atoms with Crippen LogP contribution in [0.4, 0.5) is 19.0 Å². The fourth-order valence-corrected chi connectivity index (χ4v) is 3.24. The molecular formula is C19H21F3N2O3. The number of methoxy groups -OCH3 is 2. The van der Waals surface area contributed by atoms with Crippen LogP contribution in [-0.4, -0.2) is 37.4 Å². The van der Waals surface area contributed by atoms with E-state index >= 15 is 0 Å². The molecule has 5 nitrogen and oxygen atoms in total. The van der Waals surface area contributed by atoms with Crippen LogP contribution < -0.4 is 14.4 Å². The zero-order valence-electron chi connectivity index (χ0n) is 15.1. The number of aliphatic hydroxyl groups is 1. The monoisotopic (exact) mass is 382 g/mol. The molecule has 0 spiro atoms. The van der Waals surface area contributed by atoms with E-state index in [0.717, 1.165) is 18.3 Å². The van der Waals surface area contributed by atoms with Crippen molar-refractivity contribution >= 4 is 5.82 Å². The number of aromatic nitrogens is 1. The number of piperidine rings is 1. The number of ether oxygens (including phenoxy) is 2. The Morgan fingerprint density at radius 3 is 2.15 bits per heavy atom. The number of hydrogen-bond donors (Lipinski definition) is 1. The number of anilines is 1. The van der Waals surface area contributed by atoms with Gasteiger partial charge in [-0.25, -0.2) is 4.98 Å². The Bertz CT molecular complexity index is 781. The average molecular weight is 382 g/mol. The summed E-state index contributed by atoms with van der Waals surface area (Å²) in [6.07, 6.45) is -2.56. The Hall–Kier alpha value is -2.48. The molecular weight excluding hydrogens is 361 g/mol. The summed E-state index contributed by atoms with van der Waals surface area (Å²) >= 11 is 0. The first kappa shape index (κ1) is 19.3. The van der Waals surface area contributed by atoms with Crippen molar-refractivity contribution in [2.45, 2.75) is 24.6 Å². The van der Waals surface area contributed by atoms with Crippen molar-refractivity contribution in [2.75, 3.05) is 32.2 Å². The molecule has 1 aromatic heterocycles. The third-order valence-corrected chi connectivity index (χ3v) is 4.88.